The number of fused-ring (bicyclic) bond motifs is 2. The summed E-state index contributed by atoms with van der Waals surface area (Å²) < 4.78 is 0. The Balaban J connectivity index is 1.88. The number of hydrogen-bond acceptors (Lipinski definition) is 1. The Hall–Kier alpha value is -0.590. The van der Waals surface area contributed by atoms with E-state index >= 15 is 0 Å². The molecule has 0 N–H and O–H groups in total. The number of carbonyl (C=O) groups is 1. The minimum atomic E-state index is 0.247. The molecule has 4 aliphatic carbocycles. The lowest BCUT2D eigenvalue weighted by molar-refractivity contribution is -0.115. The highest BCUT2D eigenvalue weighted by atomic mass is 16.1. The zero-order chi connectivity index (χ0) is 11.5. The van der Waals surface area contributed by atoms with Crippen LogP contribution in [0.2, 0.25) is 0 Å². The lowest BCUT2D eigenvalue weighted by atomic mass is 9.75. The van der Waals surface area contributed by atoms with Crippen molar-refractivity contribution in [2.75, 3.05) is 0 Å². The van der Waals surface area contributed by atoms with Crippen molar-refractivity contribution in [2.24, 2.45) is 34.0 Å². The van der Waals surface area contributed by atoms with Crippen molar-refractivity contribution in [1.82, 2.24) is 0 Å². The molecular weight excluding hydrogens is 196 g/mol. The highest BCUT2D eigenvalue weighted by Gasteiger charge is 2.89. The molecule has 0 aromatic rings. The summed E-state index contributed by atoms with van der Waals surface area (Å²) in [5, 5.41) is 0. The minimum absolute atomic E-state index is 0.247. The minimum Gasteiger partial charge on any atom is -0.295 e. The molecule has 4 saturated carbocycles. The standard InChI is InChI=1S/C15H20O/c1-8-10(16)7-11-14(4)6-5-9-12(13(9,2)3)15(8,11)14/h9,11-12H,1,5-7H2,2-4H3/t9-,11?,12+,14-,15-/m0/s1. The van der Waals surface area contributed by atoms with Crippen LogP contribution in [0.3, 0.4) is 0 Å². The summed E-state index contributed by atoms with van der Waals surface area (Å²) in [5.41, 5.74) is 2.16. The van der Waals surface area contributed by atoms with Crippen molar-refractivity contribution in [3.05, 3.63) is 12.2 Å². The van der Waals surface area contributed by atoms with Gasteiger partial charge in [0.2, 0.25) is 0 Å². The Morgan fingerprint density at radius 2 is 2.00 bits per heavy atom. The smallest absolute Gasteiger partial charge is 0.159 e. The number of allylic oxidation sites excluding steroid dienone is 1. The van der Waals surface area contributed by atoms with Crippen molar-refractivity contribution in [2.45, 2.75) is 40.0 Å². The van der Waals surface area contributed by atoms with Gasteiger partial charge in [-0.05, 0) is 47.0 Å². The quantitative estimate of drug-likeness (QED) is 0.568. The second kappa shape index (κ2) is 2.07. The lowest BCUT2D eigenvalue weighted by Crippen LogP contribution is -2.24. The zero-order valence-electron chi connectivity index (χ0n) is 10.5. The molecule has 0 heterocycles. The Labute approximate surface area is 97.3 Å². The van der Waals surface area contributed by atoms with Crippen LogP contribution in [-0.2, 0) is 4.79 Å². The number of hydrogen-bond donors (Lipinski definition) is 0. The molecule has 16 heavy (non-hydrogen) atoms. The first-order valence-corrected chi connectivity index (χ1v) is 6.61. The van der Waals surface area contributed by atoms with Crippen LogP contribution in [0.4, 0.5) is 0 Å². The molecule has 0 aromatic carbocycles. The van der Waals surface area contributed by atoms with Gasteiger partial charge < -0.3 is 0 Å². The van der Waals surface area contributed by atoms with E-state index in [0.29, 0.717) is 22.5 Å². The van der Waals surface area contributed by atoms with Gasteiger partial charge in [0.25, 0.3) is 0 Å². The monoisotopic (exact) mass is 216 g/mol. The van der Waals surface area contributed by atoms with E-state index in [9.17, 15) is 4.79 Å². The van der Waals surface area contributed by atoms with E-state index in [0.717, 1.165) is 23.8 Å². The molecule has 1 nitrogen and oxygen atoms in total. The topological polar surface area (TPSA) is 17.1 Å². The summed E-state index contributed by atoms with van der Waals surface area (Å²) in [6.45, 7) is 11.4. The Bertz CT molecular complexity index is 446. The predicted octanol–water partition coefficient (Wildman–Crippen LogP) is 3.20. The third-order valence-corrected chi connectivity index (χ3v) is 6.92. The van der Waals surface area contributed by atoms with E-state index in [4.69, 9.17) is 0 Å². The molecule has 4 aliphatic rings. The molecule has 0 radical (unpaired) electrons. The van der Waals surface area contributed by atoms with Crippen LogP contribution in [0.15, 0.2) is 12.2 Å². The van der Waals surface area contributed by atoms with Crippen molar-refractivity contribution in [3.8, 4) is 0 Å². The average molecular weight is 216 g/mol. The van der Waals surface area contributed by atoms with Crippen LogP contribution in [0.1, 0.15) is 40.0 Å². The number of carbonyl (C=O) groups excluding carboxylic acids is 1. The molecule has 4 fully saturated rings. The maximum absolute atomic E-state index is 11.9. The first-order chi connectivity index (χ1) is 7.38. The summed E-state index contributed by atoms with van der Waals surface area (Å²) in [6.07, 6.45) is 3.51. The average Bonchev–Trinajstić information content (AvgIpc) is 2.91. The van der Waals surface area contributed by atoms with E-state index in [2.05, 4.69) is 27.4 Å². The number of ketones is 1. The molecule has 4 rings (SSSR count). The maximum atomic E-state index is 11.9. The molecule has 0 amide bonds. The van der Waals surface area contributed by atoms with E-state index < -0.39 is 0 Å². The Morgan fingerprint density at radius 1 is 1.31 bits per heavy atom. The van der Waals surface area contributed by atoms with Crippen molar-refractivity contribution < 1.29 is 4.79 Å². The second-order valence-corrected chi connectivity index (χ2v) is 7.39. The lowest BCUT2D eigenvalue weighted by Gasteiger charge is -2.28. The SMILES string of the molecule is C=C1C(=O)CC2[C@]3(C)CC[C@H]4[C@H](C4(C)C)[C@]123. The molecular formula is C15H20O. The van der Waals surface area contributed by atoms with Crippen LogP contribution in [0, 0.1) is 34.0 Å². The summed E-state index contributed by atoms with van der Waals surface area (Å²) in [5.74, 6) is 2.65. The maximum Gasteiger partial charge on any atom is 0.159 e. The van der Waals surface area contributed by atoms with Crippen molar-refractivity contribution in [3.63, 3.8) is 0 Å². The highest BCUT2D eigenvalue weighted by molar-refractivity contribution is 6.02. The van der Waals surface area contributed by atoms with Crippen LogP contribution >= 0.6 is 0 Å². The predicted molar refractivity (Wildman–Crippen MR) is 62.8 cm³/mol. The van der Waals surface area contributed by atoms with Gasteiger partial charge in [-0.3, -0.25) is 4.79 Å². The summed E-state index contributed by atoms with van der Waals surface area (Å²) >= 11 is 0. The van der Waals surface area contributed by atoms with Crippen molar-refractivity contribution in [1.29, 1.82) is 0 Å². The first-order valence-electron chi connectivity index (χ1n) is 6.61. The molecule has 0 saturated heterocycles. The summed E-state index contributed by atoms with van der Waals surface area (Å²) in [6, 6.07) is 0. The van der Waals surface area contributed by atoms with Crippen LogP contribution in [0.5, 0.6) is 0 Å². The molecule has 1 unspecified atom stereocenters. The molecule has 0 bridgehead atoms. The van der Waals surface area contributed by atoms with E-state index in [1.807, 2.05) is 0 Å². The van der Waals surface area contributed by atoms with E-state index in [1.54, 1.807) is 0 Å². The van der Waals surface area contributed by atoms with Gasteiger partial charge in [0.1, 0.15) is 0 Å². The number of Topliss-reactive ketones (excluding diaryl/α,β-unsaturated/α-hetero) is 1. The Kier molecular flexibility index (Phi) is 1.22. The van der Waals surface area contributed by atoms with E-state index in [-0.39, 0.29) is 5.41 Å². The molecule has 5 atom stereocenters. The van der Waals surface area contributed by atoms with Gasteiger partial charge in [-0.1, -0.05) is 27.4 Å². The van der Waals surface area contributed by atoms with Gasteiger partial charge in [0, 0.05) is 11.8 Å². The third-order valence-electron chi connectivity index (χ3n) is 6.92. The van der Waals surface area contributed by atoms with Crippen LogP contribution in [0.25, 0.3) is 0 Å². The van der Waals surface area contributed by atoms with Crippen LogP contribution < -0.4 is 0 Å². The van der Waals surface area contributed by atoms with Gasteiger partial charge >= 0.3 is 0 Å². The third kappa shape index (κ3) is 0.605. The summed E-state index contributed by atoms with van der Waals surface area (Å²) in [7, 11) is 0. The molecule has 1 heteroatoms. The second-order valence-electron chi connectivity index (χ2n) is 7.39. The molecule has 0 aromatic heterocycles. The van der Waals surface area contributed by atoms with Gasteiger partial charge in [-0.25, -0.2) is 0 Å². The van der Waals surface area contributed by atoms with Gasteiger partial charge in [-0.2, -0.15) is 0 Å². The van der Waals surface area contributed by atoms with Crippen molar-refractivity contribution >= 4 is 5.78 Å². The highest BCUT2D eigenvalue weighted by Crippen LogP contribution is 2.92. The van der Waals surface area contributed by atoms with E-state index in [1.165, 1.54) is 12.8 Å². The molecule has 1 spiro atoms. The molecule has 0 aliphatic heterocycles. The first kappa shape index (κ1) is 9.44. The normalized spacial score (nSPS) is 60.1. The summed E-state index contributed by atoms with van der Waals surface area (Å²) in [4.78, 5) is 11.9. The van der Waals surface area contributed by atoms with Gasteiger partial charge in [0.05, 0.1) is 0 Å². The fraction of sp³-hybridized carbons (Fsp3) is 0.800. The van der Waals surface area contributed by atoms with Gasteiger partial charge in [-0.15, -0.1) is 0 Å². The number of rotatable bonds is 0. The Morgan fingerprint density at radius 3 is 2.69 bits per heavy atom. The van der Waals surface area contributed by atoms with Crippen LogP contribution in [-0.4, -0.2) is 5.78 Å². The largest absolute Gasteiger partial charge is 0.295 e. The van der Waals surface area contributed by atoms with Gasteiger partial charge in [0.15, 0.2) is 5.78 Å². The fourth-order valence-corrected chi connectivity index (χ4v) is 6.07. The fourth-order valence-electron chi connectivity index (χ4n) is 6.07. The molecule has 86 valence electrons. The zero-order valence-corrected chi connectivity index (χ0v) is 10.5.